The summed E-state index contributed by atoms with van der Waals surface area (Å²) in [6, 6.07) is 9.49. The van der Waals surface area contributed by atoms with Crippen LogP contribution in [0.4, 0.5) is 0 Å². The molecule has 0 aliphatic heterocycles. The number of aryl methyl sites for hydroxylation is 1. The van der Waals surface area contributed by atoms with E-state index in [0.29, 0.717) is 11.1 Å². The molecule has 0 unspecified atom stereocenters. The Morgan fingerprint density at radius 2 is 1.51 bits per heavy atom. The molecule has 0 saturated carbocycles. The number of amides is 1. The fourth-order valence-corrected chi connectivity index (χ4v) is 3.23. The summed E-state index contributed by atoms with van der Waals surface area (Å²) in [6.45, 7) is 3.96. The minimum atomic E-state index is -1.99. The number of aromatic nitrogens is 1. The summed E-state index contributed by atoms with van der Waals surface area (Å²) < 4.78 is 15.1. The van der Waals surface area contributed by atoms with E-state index in [9.17, 15) is 24.0 Å². The SMILES string of the molecule is CCOC(=O)C(CCc1ccc(C(=O)COC(=O)c2cccnc2)cc1)(NC(C)=O)C(=O)OCC. The molecule has 1 amide bonds. The van der Waals surface area contributed by atoms with Gasteiger partial charge in [0.25, 0.3) is 0 Å². The molecule has 0 radical (unpaired) electrons. The lowest BCUT2D eigenvalue weighted by atomic mass is 9.90. The van der Waals surface area contributed by atoms with Crippen molar-refractivity contribution in [1.29, 1.82) is 0 Å². The van der Waals surface area contributed by atoms with E-state index in [-0.39, 0.29) is 31.6 Å². The summed E-state index contributed by atoms with van der Waals surface area (Å²) in [4.78, 5) is 65.4. The third-order valence-corrected chi connectivity index (χ3v) is 4.93. The molecule has 0 spiro atoms. The molecule has 0 atom stereocenters. The van der Waals surface area contributed by atoms with Crippen molar-refractivity contribution in [3.63, 3.8) is 0 Å². The van der Waals surface area contributed by atoms with Crippen LogP contribution >= 0.6 is 0 Å². The topological polar surface area (TPSA) is 138 Å². The molecule has 10 heteroatoms. The molecule has 0 aliphatic rings. The van der Waals surface area contributed by atoms with Crippen molar-refractivity contribution in [3.05, 3.63) is 65.5 Å². The average Bonchev–Trinajstić information content (AvgIpc) is 2.85. The number of nitrogens with zero attached hydrogens (tertiary/aromatic N) is 1. The average molecular weight is 485 g/mol. The van der Waals surface area contributed by atoms with Gasteiger partial charge in [0.05, 0.1) is 18.8 Å². The van der Waals surface area contributed by atoms with Crippen molar-refractivity contribution in [3.8, 4) is 0 Å². The Hall–Kier alpha value is -4.08. The van der Waals surface area contributed by atoms with Crippen molar-refractivity contribution >= 4 is 29.6 Å². The minimum Gasteiger partial charge on any atom is -0.464 e. The smallest absolute Gasteiger partial charge is 0.343 e. The molecule has 1 N–H and O–H groups in total. The van der Waals surface area contributed by atoms with Crippen molar-refractivity contribution in [2.45, 2.75) is 39.2 Å². The van der Waals surface area contributed by atoms with Gasteiger partial charge < -0.3 is 19.5 Å². The second-order valence-electron chi connectivity index (χ2n) is 7.47. The Bertz CT molecular complexity index is 1030. The van der Waals surface area contributed by atoms with Gasteiger partial charge >= 0.3 is 17.9 Å². The zero-order chi connectivity index (χ0) is 25.8. The van der Waals surface area contributed by atoms with Crippen LogP contribution in [0.5, 0.6) is 0 Å². The summed E-state index contributed by atoms with van der Waals surface area (Å²) in [5, 5.41) is 2.41. The standard InChI is InChI=1S/C25H28N2O8/c1-4-33-23(31)25(27-17(3)28,24(32)34-5-2)13-12-18-8-10-19(11-9-18)21(29)16-35-22(30)20-7-6-14-26-15-20/h6-11,14-15H,4-5,12-13,16H2,1-3H3,(H,27,28). The van der Waals surface area contributed by atoms with E-state index in [1.807, 2.05) is 0 Å². The van der Waals surface area contributed by atoms with Gasteiger partial charge in [-0.15, -0.1) is 0 Å². The lowest BCUT2D eigenvalue weighted by Crippen LogP contribution is -2.61. The highest BCUT2D eigenvalue weighted by Crippen LogP contribution is 2.20. The number of esters is 3. The van der Waals surface area contributed by atoms with Crippen LogP contribution in [0.3, 0.4) is 0 Å². The van der Waals surface area contributed by atoms with Gasteiger partial charge in [0.2, 0.25) is 11.4 Å². The summed E-state index contributed by atoms with van der Waals surface area (Å²) in [5.41, 5.74) is -0.747. The molecule has 2 rings (SSSR count). The lowest BCUT2D eigenvalue weighted by molar-refractivity contribution is -0.168. The molecular weight excluding hydrogens is 456 g/mol. The highest BCUT2D eigenvalue weighted by Gasteiger charge is 2.49. The number of hydrogen-bond donors (Lipinski definition) is 1. The number of pyridine rings is 1. The third kappa shape index (κ3) is 7.46. The van der Waals surface area contributed by atoms with Crippen LogP contribution in [0, 0.1) is 0 Å². The molecule has 35 heavy (non-hydrogen) atoms. The van der Waals surface area contributed by atoms with E-state index in [4.69, 9.17) is 14.2 Å². The number of benzene rings is 1. The molecule has 1 aromatic heterocycles. The van der Waals surface area contributed by atoms with Crippen LogP contribution in [-0.2, 0) is 35.0 Å². The van der Waals surface area contributed by atoms with E-state index in [1.54, 1.807) is 44.2 Å². The fourth-order valence-electron chi connectivity index (χ4n) is 3.23. The zero-order valence-electron chi connectivity index (χ0n) is 19.9. The Morgan fingerprint density at radius 1 is 0.886 bits per heavy atom. The number of hydrogen-bond acceptors (Lipinski definition) is 9. The number of ether oxygens (including phenoxy) is 3. The monoisotopic (exact) mass is 484 g/mol. The van der Waals surface area contributed by atoms with E-state index < -0.39 is 41.7 Å². The first-order valence-electron chi connectivity index (χ1n) is 11.1. The molecular formula is C25H28N2O8. The van der Waals surface area contributed by atoms with Crippen molar-refractivity contribution in [2.24, 2.45) is 0 Å². The van der Waals surface area contributed by atoms with Crippen LogP contribution in [0.25, 0.3) is 0 Å². The van der Waals surface area contributed by atoms with Crippen molar-refractivity contribution in [1.82, 2.24) is 10.3 Å². The van der Waals surface area contributed by atoms with Crippen LogP contribution in [0.2, 0.25) is 0 Å². The van der Waals surface area contributed by atoms with E-state index in [1.165, 1.54) is 25.4 Å². The molecule has 1 heterocycles. The molecule has 2 aromatic rings. The number of nitrogens with one attached hydrogen (secondary N) is 1. The first-order valence-corrected chi connectivity index (χ1v) is 11.1. The summed E-state index contributed by atoms with van der Waals surface area (Å²) in [6.07, 6.45) is 2.95. The largest absolute Gasteiger partial charge is 0.464 e. The van der Waals surface area contributed by atoms with Crippen LogP contribution in [0.15, 0.2) is 48.8 Å². The zero-order valence-corrected chi connectivity index (χ0v) is 19.9. The molecule has 1 aromatic carbocycles. The molecule has 0 aliphatic carbocycles. The van der Waals surface area contributed by atoms with E-state index >= 15 is 0 Å². The maximum atomic E-state index is 12.7. The van der Waals surface area contributed by atoms with Gasteiger partial charge in [-0.3, -0.25) is 14.6 Å². The van der Waals surface area contributed by atoms with Crippen molar-refractivity contribution in [2.75, 3.05) is 19.8 Å². The second-order valence-corrected chi connectivity index (χ2v) is 7.47. The first kappa shape index (κ1) is 27.2. The molecule has 0 saturated heterocycles. The highest BCUT2D eigenvalue weighted by atomic mass is 16.6. The maximum absolute atomic E-state index is 12.7. The molecule has 186 valence electrons. The minimum absolute atomic E-state index is 0.0156. The van der Waals surface area contributed by atoms with Gasteiger partial charge in [0.1, 0.15) is 0 Å². The van der Waals surface area contributed by atoms with Gasteiger partial charge in [0.15, 0.2) is 12.4 Å². The highest BCUT2D eigenvalue weighted by molar-refractivity contribution is 6.07. The van der Waals surface area contributed by atoms with Gasteiger partial charge in [-0.2, -0.15) is 0 Å². The van der Waals surface area contributed by atoms with Crippen LogP contribution < -0.4 is 5.32 Å². The number of carbonyl (C=O) groups is 5. The third-order valence-electron chi connectivity index (χ3n) is 4.93. The molecule has 0 bridgehead atoms. The Balaban J connectivity index is 2.08. The number of carbonyl (C=O) groups excluding carboxylic acids is 5. The van der Waals surface area contributed by atoms with Gasteiger partial charge in [-0.1, -0.05) is 24.3 Å². The number of Topliss-reactive ketones (excluding diaryl/α,β-unsaturated/α-hetero) is 1. The van der Waals surface area contributed by atoms with Crippen molar-refractivity contribution < 1.29 is 38.2 Å². The molecule has 10 nitrogen and oxygen atoms in total. The van der Waals surface area contributed by atoms with Gasteiger partial charge in [-0.05, 0) is 44.4 Å². The quantitative estimate of drug-likeness (QED) is 0.208. The lowest BCUT2D eigenvalue weighted by Gasteiger charge is -2.29. The summed E-state index contributed by atoms with van der Waals surface area (Å²) >= 11 is 0. The predicted molar refractivity (Wildman–Crippen MR) is 123 cm³/mol. The van der Waals surface area contributed by atoms with Crippen LogP contribution in [0.1, 0.15) is 53.5 Å². The Labute approximate surface area is 203 Å². The second kappa shape index (κ2) is 13.0. The first-order chi connectivity index (χ1) is 16.7. The summed E-state index contributed by atoms with van der Waals surface area (Å²) in [7, 11) is 0. The predicted octanol–water partition coefficient (Wildman–Crippen LogP) is 2.05. The van der Waals surface area contributed by atoms with E-state index in [2.05, 4.69) is 10.3 Å². The fraction of sp³-hybridized carbons (Fsp3) is 0.360. The maximum Gasteiger partial charge on any atom is 0.343 e. The van der Waals surface area contributed by atoms with Gasteiger partial charge in [0, 0.05) is 24.9 Å². The van der Waals surface area contributed by atoms with Gasteiger partial charge in [-0.25, -0.2) is 14.4 Å². The Kier molecular flexibility index (Phi) is 10.1. The summed E-state index contributed by atoms with van der Waals surface area (Å²) in [5.74, 6) is -3.46. The number of ketones is 1. The molecule has 0 fully saturated rings. The normalized spacial score (nSPS) is 10.7. The Morgan fingerprint density at radius 3 is 2.03 bits per heavy atom. The number of rotatable bonds is 12. The van der Waals surface area contributed by atoms with Crippen LogP contribution in [-0.4, -0.2) is 59.9 Å². The van der Waals surface area contributed by atoms with E-state index in [0.717, 1.165) is 0 Å².